The zero-order valence-corrected chi connectivity index (χ0v) is 14.7. The first-order chi connectivity index (χ1) is 11.7. The van der Waals surface area contributed by atoms with Crippen LogP contribution in [-0.2, 0) is 11.3 Å². The van der Waals surface area contributed by atoms with Gasteiger partial charge in [0.1, 0.15) is 0 Å². The maximum atomic E-state index is 12.9. The van der Waals surface area contributed by atoms with Gasteiger partial charge in [-0.2, -0.15) is 0 Å². The average Bonchev–Trinajstić information content (AvgIpc) is 3.26. The van der Waals surface area contributed by atoms with E-state index in [0.29, 0.717) is 30.1 Å². The zero-order chi connectivity index (χ0) is 16.7. The standard InChI is InChI=1S/C18H28N4O2/c1-3-20-9-8-19-17(20)18(23)21-10-14-5-6-15(11-21)22(14)12-16-7-4-13(2)24-16/h8-9,13-16H,3-7,10-12H2,1-2H3. The van der Waals surface area contributed by atoms with Crippen LogP contribution >= 0.6 is 0 Å². The average molecular weight is 332 g/mol. The molecule has 3 aliphatic heterocycles. The molecule has 132 valence electrons. The first kappa shape index (κ1) is 16.1. The van der Waals surface area contributed by atoms with Crippen molar-refractivity contribution in [2.75, 3.05) is 19.6 Å². The topological polar surface area (TPSA) is 50.6 Å². The number of ether oxygens (including phenoxy) is 1. The summed E-state index contributed by atoms with van der Waals surface area (Å²) in [5.41, 5.74) is 0. The third-order valence-corrected chi connectivity index (χ3v) is 5.90. The van der Waals surface area contributed by atoms with E-state index in [0.717, 1.165) is 26.2 Å². The summed E-state index contributed by atoms with van der Waals surface area (Å²) in [6, 6.07) is 0.967. The van der Waals surface area contributed by atoms with Gasteiger partial charge in [-0.15, -0.1) is 0 Å². The fraction of sp³-hybridized carbons (Fsp3) is 0.778. The summed E-state index contributed by atoms with van der Waals surface area (Å²) in [4.78, 5) is 21.8. The van der Waals surface area contributed by atoms with Gasteiger partial charge in [-0.05, 0) is 39.5 Å². The van der Waals surface area contributed by atoms with Crippen molar-refractivity contribution in [3.63, 3.8) is 0 Å². The zero-order valence-electron chi connectivity index (χ0n) is 14.7. The Morgan fingerprint density at radius 3 is 2.62 bits per heavy atom. The Balaban J connectivity index is 1.41. The summed E-state index contributed by atoms with van der Waals surface area (Å²) in [5, 5.41) is 0. The summed E-state index contributed by atoms with van der Waals surface area (Å²) in [5.74, 6) is 0.669. The molecule has 0 spiro atoms. The van der Waals surface area contributed by atoms with Gasteiger partial charge in [-0.1, -0.05) is 0 Å². The molecule has 1 aromatic heterocycles. The highest BCUT2D eigenvalue weighted by molar-refractivity contribution is 5.91. The van der Waals surface area contributed by atoms with Crippen LogP contribution in [0.15, 0.2) is 12.4 Å². The van der Waals surface area contributed by atoms with Gasteiger partial charge in [0, 0.05) is 50.7 Å². The van der Waals surface area contributed by atoms with Crippen LogP contribution in [0.25, 0.3) is 0 Å². The van der Waals surface area contributed by atoms with E-state index in [2.05, 4.69) is 16.8 Å². The molecule has 4 atom stereocenters. The lowest BCUT2D eigenvalue weighted by molar-refractivity contribution is -0.00313. The van der Waals surface area contributed by atoms with E-state index in [1.165, 1.54) is 25.7 Å². The minimum Gasteiger partial charge on any atom is -0.374 e. The number of carbonyl (C=O) groups is 1. The lowest BCUT2D eigenvalue weighted by Crippen LogP contribution is -2.57. The van der Waals surface area contributed by atoms with Crippen LogP contribution in [0.3, 0.4) is 0 Å². The number of imidazole rings is 1. The number of fused-ring (bicyclic) bond motifs is 2. The highest BCUT2D eigenvalue weighted by Gasteiger charge is 2.43. The number of hydrogen-bond donors (Lipinski definition) is 0. The monoisotopic (exact) mass is 332 g/mol. The van der Waals surface area contributed by atoms with E-state index in [4.69, 9.17) is 4.74 Å². The van der Waals surface area contributed by atoms with Crippen molar-refractivity contribution in [1.29, 1.82) is 0 Å². The van der Waals surface area contributed by atoms with Gasteiger partial charge >= 0.3 is 0 Å². The Labute approximate surface area is 143 Å². The normalized spacial score (nSPS) is 33.3. The van der Waals surface area contributed by atoms with E-state index in [-0.39, 0.29) is 5.91 Å². The maximum absolute atomic E-state index is 12.9. The van der Waals surface area contributed by atoms with E-state index < -0.39 is 0 Å². The summed E-state index contributed by atoms with van der Waals surface area (Å²) < 4.78 is 7.95. The van der Waals surface area contributed by atoms with Crippen molar-refractivity contribution in [2.45, 2.75) is 70.4 Å². The van der Waals surface area contributed by atoms with Gasteiger partial charge in [-0.3, -0.25) is 9.69 Å². The predicted octanol–water partition coefficient (Wildman–Crippen LogP) is 1.76. The Kier molecular flexibility index (Phi) is 4.35. The van der Waals surface area contributed by atoms with Crippen molar-refractivity contribution in [3.05, 3.63) is 18.2 Å². The maximum Gasteiger partial charge on any atom is 0.289 e. The van der Waals surface area contributed by atoms with E-state index >= 15 is 0 Å². The molecule has 0 saturated carbocycles. The van der Waals surface area contributed by atoms with Gasteiger partial charge < -0.3 is 14.2 Å². The van der Waals surface area contributed by atoms with Crippen molar-refractivity contribution < 1.29 is 9.53 Å². The lowest BCUT2D eigenvalue weighted by atomic mass is 10.1. The largest absolute Gasteiger partial charge is 0.374 e. The van der Waals surface area contributed by atoms with Crippen LogP contribution in [0.2, 0.25) is 0 Å². The molecule has 4 rings (SSSR count). The number of aryl methyl sites for hydroxylation is 1. The van der Waals surface area contributed by atoms with Crippen LogP contribution in [0.5, 0.6) is 0 Å². The van der Waals surface area contributed by atoms with Crippen LogP contribution in [-0.4, -0.2) is 69.2 Å². The minimum atomic E-state index is 0.0872. The molecule has 4 unspecified atom stereocenters. The molecule has 1 amide bonds. The fourth-order valence-corrected chi connectivity index (χ4v) is 4.61. The number of aromatic nitrogens is 2. The van der Waals surface area contributed by atoms with E-state index in [1.807, 2.05) is 22.6 Å². The molecule has 0 aliphatic carbocycles. The number of piperazine rings is 1. The third kappa shape index (κ3) is 2.86. The van der Waals surface area contributed by atoms with E-state index in [9.17, 15) is 4.79 Å². The molecular formula is C18H28N4O2. The molecule has 1 aromatic rings. The first-order valence-electron chi connectivity index (χ1n) is 9.37. The summed E-state index contributed by atoms with van der Waals surface area (Å²) >= 11 is 0. The molecule has 3 saturated heterocycles. The number of rotatable bonds is 4. The second kappa shape index (κ2) is 6.48. The minimum absolute atomic E-state index is 0.0872. The Hall–Kier alpha value is -1.40. The van der Waals surface area contributed by atoms with Crippen LogP contribution < -0.4 is 0 Å². The Bertz CT molecular complexity index is 588. The van der Waals surface area contributed by atoms with Crippen LogP contribution in [0, 0.1) is 0 Å². The SMILES string of the molecule is CCn1ccnc1C(=O)N1CC2CCC(C1)N2CC1CCC(C)O1. The van der Waals surface area contributed by atoms with Gasteiger partial charge in [0.05, 0.1) is 12.2 Å². The van der Waals surface area contributed by atoms with Crippen LogP contribution in [0.1, 0.15) is 50.1 Å². The van der Waals surface area contributed by atoms with Crippen molar-refractivity contribution in [3.8, 4) is 0 Å². The number of likely N-dealkylation sites (tertiary alicyclic amines) is 1. The summed E-state index contributed by atoms with van der Waals surface area (Å²) in [6.45, 7) is 7.68. The van der Waals surface area contributed by atoms with Gasteiger partial charge in [-0.25, -0.2) is 4.98 Å². The second-order valence-electron chi connectivity index (χ2n) is 7.47. The molecule has 2 bridgehead atoms. The molecule has 0 N–H and O–H groups in total. The molecule has 6 heteroatoms. The molecule has 4 heterocycles. The summed E-state index contributed by atoms with van der Waals surface area (Å²) in [7, 11) is 0. The van der Waals surface area contributed by atoms with Crippen molar-refractivity contribution >= 4 is 5.91 Å². The lowest BCUT2D eigenvalue weighted by Gasteiger charge is -2.41. The third-order valence-electron chi connectivity index (χ3n) is 5.90. The second-order valence-corrected chi connectivity index (χ2v) is 7.47. The quantitative estimate of drug-likeness (QED) is 0.843. The van der Waals surface area contributed by atoms with Gasteiger partial charge in [0.25, 0.3) is 5.91 Å². The van der Waals surface area contributed by atoms with E-state index in [1.54, 1.807) is 6.20 Å². The highest BCUT2D eigenvalue weighted by Crippen LogP contribution is 2.32. The molecule has 6 nitrogen and oxygen atoms in total. The molecule has 0 aromatic carbocycles. The number of amides is 1. The Morgan fingerprint density at radius 1 is 1.25 bits per heavy atom. The fourth-order valence-electron chi connectivity index (χ4n) is 4.61. The molecule has 24 heavy (non-hydrogen) atoms. The first-order valence-corrected chi connectivity index (χ1v) is 9.37. The molecule has 3 aliphatic rings. The predicted molar refractivity (Wildman–Crippen MR) is 90.9 cm³/mol. The number of carbonyl (C=O) groups excluding carboxylic acids is 1. The van der Waals surface area contributed by atoms with Gasteiger partial charge in [0.15, 0.2) is 5.82 Å². The highest BCUT2D eigenvalue weighted by atomic mass is 16.5. The van der Waals surface area contributed by atoms with Gasteiger partial charge in [0.2, 0.25) is 0 Å². The summed E-state index contributed by atoms with van der Waals surface area (Å²) in [6.07, 6.45) is 9.13. The number of nitrogens with zero attached hydrogens (tertiary/aromatic N) is 4. The van der Waals surface area contributed by atoms with Crippen LogP contribution in [0.4, 0.5) is 0 Å². The molecular weight excluding hydrogens is 304 g/mol. The molecule has 0 radical (unpaired) electrons. The van der Waals surface area contributed by atoms with Crippen molar-refractivity contribution in [2.24, 2.45) is 0 Å². The van der Waals surface area contributed by atoms with Crippen molar-refractivity contribution in [1.82, 2.24) is 19.4 Å². The smallest absolute Gasteiger partial charge is 0.289 e. The Morgan fingerprint density at radius 2 is 2.00 bits per heavy atom. The molecule has 3 fully saturated rings. The number of hydrogen-bond acceptors (Lipinski definition) is 4.